The van der Waals surface area contributed by atoms with E-state index in [0.29, 0.717) is 5.92 Å². The molecule has 0 spiro atoms. The Morgan fingerprint density at radius 1 is 0.488 bits per heavy atom. The Kier molecular flexibility index (Phi) is 6.61. The van der Waals surface area contributed by atoms with Crippen molar-refractivity contribution in [3.8, 4) is 22.3 Å². The van der Waals surface area contributed by atoms with Gasteiger partial charge < -0.3 is 0 Å². The van der Waals surface area contributed by atoms with Crippen LogP contribution in [0.2, 0.25) is 0 Å². The van der Waals surface area contributed by atoms with E-state index in [4.69, 9.17) is 0 Å². The molecule has 7 aromatic carbocycles. The minimum Gasteiger partial charge on any atom is -0.0620 e. The Bertz CT molecular complexity index is 2060. The zero-order chi connectivity index (χ0) is 28.6. The first-order chi connectivity index (χ1) is 21.3. The van der Waals surface area contributed by atoms with Crippen LogP contribution in [0.1, 0.15) is 40.2 Å². The highest BCUT2D eigenvalue weighted by Gasteiger charge is 2.23. The molecule has 0 radical (unpaired) electrons. The van der Waals surface area contributed by atoms with Crippen LogP contribution >= 0.6 is 0 Å². The molecule has 1 atom stereocenters. The zero-order valence-corrected chi connectivity index (χ0v) is 24.3. The second-order valence-corrected chi connectivity index (χ2v) is 12.1. The Morgan fingerprint density at radius 2 is 1.09 bits per heavy atom. The molecule has 0 amide bonds. The van der Waals surface area contributed by atoms with E-state index in [1.807, 2.05) is 0 Å². The van der Waals surface area contributed by atoms with Gasteiger partial charge in [0.2, 0.25) is 0 Å². The molecule has 0 bridgehead atoms. The summed E-state index contributed by atoms with van der Waals surface area (Å²) in [5.74, 6) is 0.568. The number of rotatable bonds is 6. The Labute approximate surface area is 254 Å². The Hall–Kier alpha value is -4.94. The van der Waals surface area contributed by atoms with Crippen LogP contribution in [0.25, 0.3) is 43.8 Å². The molecule has 0 saturated heterocycles. The van der Waals surface area contributed by atoms with Crippen molar-refractivity contribution in [2.75, 3.05) is 0 Å². The van der Waals surface area contributed by atoms with Gasteiger partial charge in [-0.1, -0.05) is 152 Å². The van der Waals surface area contributed by atoms with Crippen molar-refractivity contribution in [1.82, 2.24) is 0 Å². The first-order valence-electron chi connectivity index (χ1n) is 15.5. The molecular formula is C43H34. The van der Waals surface area contributed by atoms with Gasteiger partial charge >= 0.3 is 0 Å². The number of fused-ring (bicyclic) bond motifs is 6. The molecule has 1 aliphatic carbocycles. The summed E-state index contributed by atoms with van der Waals surface area (Å²) in [7, 11) is 0. The van der Waals surface area contributed by atoms with Gasteiger partial charge in [0.25, 0.3) is 0 Å². The average Bonchev–Trinajstić information content (AvgIpc) is 3.08. The molecule has 0 nitrogen and oxygen atoms in total. The van der Waals surface area contributed by atoms with Crippen molar-refractivity contribution in [2.45, 2.75) is 31.6 Å². The molecule has 0 heterocycles. The Balaban J connectivity index is 0.973. The molecule has 0 aromatic heterocycles. The van der Waals surface area contributed by atoms with Crippen LogP contribution in [0.3, 0.4) is 0 Å². The van der Waals surface area contributed by atoms with E-state index in [0.717, 1.165) is 19.3 Å². The fourth-order valence-corrected chi connectivity index (χ4v) is 7.21. The van der Waals surface area contributed by atoms with Gasteiger partial charge in [0, 0.05) is 0 Å². The predicted octanol–water partition coefficient (Wildman–Crippen LogP) is 11.2. The van der Waals surface area contributed by atoms with Gasteiger partial charge in [-0.25, -0.2) is 0 Å². The second kappa shape index (κ2) is 11.0. The predicted molar refractivity (Wildman–Crippen MR) is 183 cm³/mol. The van der Waals surface area contributed by atoms with Crippen LogP contribution in [0.5, 0.6) is 0 Å². The topological polar surface area (TPSA) is 0 Å². The number of aryl methyl sites for hydroxylation is 1. The van der Waals surface area contributed by atoms with Crippen molar-refractivity contribution < 1.29 is 0 Å². The molecule has 1 aliphatic rings. The number of benzene rings is 7. The van der Waals surface area contributed by atoms with E-state index >= 15 is 0 Å². The van der Waals surface area contributed by atoms with E-state index in [1.165, 1.54) is 78.0 Å². The van der Waals surface area contributed by atoms with Crippen molar-refractivity contribution in [2.24, 2.45) is 0 Å². The van der Waals surface area contributed by atoms with E-state index in [9.17, 15) is 0 Å². The summed E-state index contributed by atoms with van der Waals surface area (Å²) in [6.07, 6.45) is 4.33. The molecule has 0 fully saturated rings. The summed E-state index contributed by atoms with van der Waals surface area (Å²) in [6, 6.07) is 56.3. The van der Waals surface area contributed by atoms with Gasteiger partial charge in [0.1, 0.15) is 0 Å². The van der Waals surface area contributed by atoms with E-state index in [1.54, 1.807) is 0 Å². The molecule has 7 aromatic rings. The van der Waals surface area contributed by atoms with Gasteiger partial charge in [0.05, 0.1) is 0 Å². The van der Waals surface area contributed by atoms with E-state index < -0.39 is 0 Å². The van der Waals surface area contributed by atoms with E-state index in [2.05, 4.69) is 152 Å². The highest BCUT2D eigenvalue weighted by Crippen LogP contribution is 2.41. The highest BCUT2D eigenvalue weighted by molar-refractivity contribution is 6.09. The minimum absolute atomic E-state index is 0.568. The number of hydrogen-bond acceptors (Lipinski definition) is 0. The van der Waals surface area contributed by atoms with Crippen LogP contribution < -0.4 is 0 Å². The molecule has 0 heteroatoms. The number of hydrogen-bond donors (Lipinski definition) is 0. The summed E-state index contributed by atoms with van der Waals surface area (Å²) < 4.78 is 0. The zero-order valence-electron chi connectivity index (χ0n) is 24.3. The first-order valence-corrected chi connectivity index (χ1v) is 15.5. The molecule has 8 rings (SSSR count). The molecule has 0 saturated carbocycles. The molecule has 1 unspecified atom stereocenters. The third-order valence-electron chi connectivity index (χ3n) is 9.45. The second-order valence-electron chi connectivity index (χ2n) is 12.1. The van der Waals surface area contributed by atoms with Gasteiger partial charge in [-0.3, -0.25) is 0 Å². The molecule has 0 aliphatic heterocycles. The van der Waals surface area contributed by atoms with Crippen LogP contribution in [-0.4, -0.2) is 0 Å². The normalized spacial score (nSPS) is 14.0. The van der Waals surface area contributed by atoms with Crippen LogP contribution in [0.4, 0.5) is 0 Å². The average molecular weight is 551 g/mol. The lowest BCUT2D eigenvalue weighted by atomic mass is 9.76. The first kappa shape index (κ1) is 25.7. The monoisotopic (exact) mass is 550 g/mol. The smallest absolute Gasteiger partial charge is 0.00194 e. The summed E-state index contributed by atoms with van der Waals surface area (Å²) >= 11 is 0. The molecule has 43 heavy (non-hydrogen) atoms. The lowest BCUT2D eigenvalue weighted by Gasteiger charge is -2.28. The third kappa shape index (κ3) is 4.94. The largest absolute Gasteiger partial charge is 0.0620 e. The van der Waals surface area contributed by atoms with Crippen LogP contribution in [0.15, 0.2) is 152 Å². The lowest BCUT2D eigenvalue weighted by molar-refractivity contribution is 0.616. The summed E-state index contributed by atoms with van der Waals surface area (Å²) in [6.45, 7) is 0. The third-order valence-corrected chi connectivity index (χ3v) is 9.45. The van der Waals surface area contributed by atoms with Crippen LogP contribution in [-0.2, 0) is 19.3 Å². The maximum absolute atomic E-state index is 2.37. The fraction of sp³-hybridized carbons (Fsp3) is 0.116. The minimum atomic E-state index is 0.568. The summed E-state index contributed by atoms with van der Waals surface area (Å²) in [5.41, 5.74) is 12.5. The van der Waals surface area contributed by atoms with E-state index in [-0.39, 0.29) is 0 Å². The van der Waals surface area contributed by atoms with Crippen molar-refractivity contribution in [1.29, 1.82) is 0 Å². The fourth-order valence-electron chi connectivity index (χ4n) is 7.21. The maximum atomic E-state index is 2.37. The van der Waals surface area contributed by atoms with Gasteiger partial charge in [0.15, 0.2) is 0 Å². The Morgan fingerprint density at radius 3 is 1.88 bits per heavy atom. The molecule has 206 valence electrons. The summed E-state index contributed by atoms with van der Waals surface area (Å²) in [5, 5.41) is 5.33. The lowest BCUT2D eigenvalue weighted by Crippen LogP contribution is -2.12. The maximum Gasteiger partial charge on any atom is -0.00194 e. The van der Waals surface area contributed by atoms with Crippen molar-refractivity contribution in [3.63, 3.8) is 0 Å². The quantitative estimate of drug-likeness (QED) is 0.181. The molecule has 0 N–H and O–H groups in total. The van der Waals surface area contributed by atoms with Crippen LogP contribution in [0, 0.1) is 0 Å². The standard InChI is InChI=1S/C43H34/c1-3-11-38-34(9-1)28-36(40-13-5-7-15-42(38)40)26-19-30-17-22-32(23-18-30)33-24-20-31(21-25-33)27-37-29-35-10-2-4-12-39(35)43-16-8-6-14-41(37)43/h1-18,20-25,29,36H,19,26-28H2. The SMILES string of the molecule is c1ccc2c(c1)CC(CCc1ccc(-c3ccc(Cc4cc5ccccc5c5ccccc45)cc3)cc1)c1ccccc1-2. The molecular weight excluding hydrogens is 516 g/mol. The highest BCUT2D eigenvalue weighted by atomic mass is 14.3. The van der Waals surface area contributed by atoms with Gasteiger partial charge in [-0.15, -0.1) is 0 Å². The van der Waals surface area contributed by atoms with Gasteiger partial charge in [-0.2, -0.15) is 0 Å². The van der Waals surface area contributed by atoms with Gasteiger partial charge in [-0.05, 0) is 103 Å². The van der Waals surface area contributed by atoms with Crippen molar-refractivity contribution >= 4 is 21.5 Å². The summed E-state index contributed by atoms with van der Waals surface area (Å²) in [4.78, 5) is 0. The van der Waals surface area contributed by atoms with Crippen molar-refractivity contribution in [3.05, 3.63) is 179 Å².